The van der Waals surface area contributed by atoms with Crippen molar-refractivity contribution in [2.24, 2.45) is 0 Å². The topological polar surface area (TPSA) is 52.5 Å². The van der Waals surface area contributed by atoms with Gasteiger partial charge in [-0.15, -0.1) is 0 Å². The average Bonchev–Trinajstić information content (AvgIpc) is 2.67. The number of H-pyrrole nitrogens is 1. The largest absolute Gasteiger partial charge is 0.353 e. The number of aromatic amines is 1. The lowest BCUT2D eigenvalue weighted by Gasteiger charge is -1.92. The van der Waals surface area contributed by atoms with Gasteiger partial charge in [-0.1, -0.05) is 11.6 Å². The van der Waals surface area contributed by atoms with Crippen molar-refractivity contribution in [1.82, 2.24) is 9.97 Å². The van der Waals surface area contributed by atoms with E-state index in [1.807, 2.05) is 18.2 Å². The van der Waals surface area contributed by atoms with Crippen LogP contribution in [0.1, 0.15) is 5.56 Å². The zero-order valence-corrected chi connectivity index (χ0v) is 8.92. The van der Waals surface area contributed by atoms with E-state index < -0.39 is 0 Å². The van der Waals surface area contributed by atoms with Gasteiger partial charge >= 0.3 is 0 Å². The van der Waals surface area contributed by atoms with Crippen LogP contribution in [0.4, 0.5) is 0 Å². The van der Waals surface area contributed by atoms with Gasteiger partial charge in [-0.2, -0.15) is 5.26 Å². The molecule has 0 amide bonds. The summed E-state index contributed by atoms with van der Waals surface area (Å²) >= 11 is 5.95. The van der Waals surface area contributed by atoms with Crippen LogP contribution in [0.5, 0.6) is 0 Å². The Morgan fingerprint density at radius 1 is 1.25 bits per heavy atom. The summed E-state index contributed by atoms with van der Waals surface area (Å²) in [6.07, 6.45) is 3.30. The molecular weight excluding hydrogens is 222 g/mol. The van der Waals surface area contributed by atoms with E-state index in [1.54, 1.807) is 12.4 Å². The highest BCUT2D eigenvalue weighted by Crippen LogP contribution is 2.28. The van der Waals surface area contributed by atoms with Crippen molar-refractivity contribution in [3.8, 4) is 6.07 Å². The van der Waals surface area contributed by atoms with Crippen LogP contribution in [0.25, 0.3) is 21.8 Å². The molecule has 3 aromatic rings. The Labute approximate surface area is 96.3 Å². The first kappa shape index (κ1) is 9.20. The number of nitrogens with zero attached hydrogens (tertiary/aromatic N) is 2. The second-order valence-corrected chi connectivity index (χ2v) is 3.97. The highest BCUT2D eigenvalue weighted by atomic mass is 35.5. The van der Waals surface area contributed by atoms with Gasteiger partial charge in [0.1, 0.15) is 6.07 Å². The van der Waals surface area contributed by atoms with Gasteiger partial charge in [0, 0.05) is 33.7 Å². The predicted molar refractivity (Wildman–Crippen MR) is 63.3 cm³/mol. The maximum atomic E-state index is 8.98. The van der Waals surface area contributed by atoms with Crippen LogP contribution in [0.15, 0.2) is 30.6 Å². The summed E-state index contributed by atoms with van der Waals surface area (Å²) in [7, 11) is 0. The Balaban J connectivity index is 2.57. The number of hydrogen-bond donors (Lipinski definition) is 1. The molecule has 3 nitrogen and oxygen atoms in total. The summed E-state index contributed by atoms with van der Waals surface area (Å²) in [5.74, 6) is 0. The monoisotopic (exact) mass is 227 g/mol. The fourth-order valence-corrected chi connectivity index (χ4v) is 2.04. The van der Waals surface area contributed by atoms with Crippen LogP contribution in [0, 0.1) is 11.3 Å². The number of rotatable bonds is 0. The maximum Gasteiger partial charge on any atom is 0.103 e. The van der Waals surface area contributed by atoms with Gasteiger partial charge in [0.15, 0.2) is 0 Å². The molecular formula is C12H6ClN3. The van der Waals surface area contributed by atoms with E-state index in [2.05, 4.69) is 16.0 Å². The molecule has 16 heavy (non-hydrogen) atoms. The molecule has 0 radical (unpaired) electrons. The minimum Gasteiger partial charge on any atom is -0.353 e. The van der Waals surface area contributed by atoms with E-state index in [0.29, 0.717) is 10.6 Å². The Morgan fingerprint density at radius 3 is 2.94 bits per heavy atom. The van der Waals surface area contributed by atoms with Gasteiger partial charge in [0.05, 0.1) is 11.1 Å². The normalized spacial score (nSPS) is 10.8. The van der Waals surface area contributed by atoms with Crippen LogP contribution >= 0.6 is 11.6 Å². The molecule has 1 aromatic carbocycles. The third-order valence-corrected chi connectivity index (χ3v) is 2.83. The summed E-state index contributed by atoms with van der Waals surface area (Å²) < 4.78 is 0. The molecule has 0 saturated carbocycles. The standard InChI is InChI=1S/C12H6ClN3/c13-8-1-2-11-9(3-8)10-6-15-5-7(4-14)12(10)16-11/h1-3,5-6,16H. The second-order valence-electron chi connectivity index (χ2n) is 3.54. The van der Waals surface area contributed by atoms with E-state index in [4.69, 9.17) is 16.9 Å². The number of hydrogen-bond acceptors (Lipinski definition) is 2. The van der Waals surface area contributed by atoms with Crippen LogP contribution < -0.4 is 0 Å². The molecule has 0 aliphatic rings. The number of pyridine rings is 1. The number of halogens is 1. The molecule has 0 fully saturated rings. The molecule has 0 spiro atoms. The van der Waals surface area contributed by atoms with E-state index in [1.165, 1.54) is 0 Å². The summed E-state index contributed by atoms with van der Waals surface area (Å²) in [4.78, 5) is 7.25. The molecule has 4 heteroatoms. The van der Waals surface area contributed by atoms with Gasteiger partial charge in [-0.25, -0.2) is 0 Å². The fourth-order valence-electron chi connectivity index (χ4n) is 1.87. The number of benzene rings is 1. The number of nitrogens with one attached hydrogen (secondary N) is 1. The molecule has 0 aliphatic heterocycles. The van der Waals surface area contributed by atoms with Crippen LogP contribution in [0.3, 0.4) is 0 Å². The Morgan fingerprint density at radius 2 is 2.12 bits per heavy atom. The van der Waals surface area contributed by atoms with Gasteiger partial charge in [0.25, 0.3) is 0 Å². The Bertz CT molecular complexity index is 737. The molecule has 3 rings (SSSR count). The summed E-state index contributed by atoms with van der Waals surface area (Å²) in [5, 5.41) is 11.6. The van der Waals surface area contributed by atoms with Crippen molar-refractivity contribution in [3.05, 3.63) is 41.2 Å². The molecule has 1 N–H and O–H groups in total. The lowest BCUT2D eigenvalue weighted by atomic mass is 10.1. The molecule has 2 heterocycles. The predicted octanol–water partition coefficient (Wildman–Crippen LogP) is 3.24. The van der Waals surface area contributed by atoms with Crippen LogP contribution in [-0.4, -0.2) is 9.97 Å². The zero-order chi connectivity index (χ0) is 11.1. The van der Waals surface area contributed by atoms with Crippen molar-refractivity contribution in [3.63, 3.8) is 0 Å². The van der Waals surface area contributed by atoms with E-state index >= 15 is 0 Å². The van der Waals surface area contributed by atoms with Gasteiger partial charge < -0.3 is 4.98 Å². The van der Waals surface area contributed by atoms with Gasteiger partial charge in [0.2, 0.25) is 0 Å². The third-order valence-electron chi connectivity index (χ3n) is 2.60. The maximum absolute atomic E-state index is 8.98. The molecule has 0 atom stereocenters. The molecule has 0 aliphatic carbocycles. The first-order chi connectivity index (χ1) is 7.79. The third kappa shape index (κ3) is 1.17. The zero-order valence-electron chi connectivity index (χ0n) is 8.16. The van der Waals surface area contributed by atoms with Crippen molar-refractivity contribution < 1.29 is 0 Å². The lowest BCUT2D eigenvalue weighted by molar-refractivity contribution is 1.33. The van der Waals surface area contributed by atoms with Gasteiger partial charge in [-0.3, -0.25) is 4.98 Å². The van der Waals surface area contributed by atoms with Crippen molar-refractivity contribution in [1.29, 1.82) is 5.26 Å². The molecule has 0 saturated heterocycles. The van der Waals surface area contributed by atoms with Crippen molar-refractivity contribution in [2.45, 2.75) is 0 Å². The number of nitriles is 1. The molecule has 0 unspecified atom stereocenters. The summed E-state index contributed by atoms with van der Waals surface area (Å²) in [6.45, 7) is 0. The summed E-state index contributed by atoms with van der Waals surface area (Å²) in [6, 6.07) is 7.71. The quantitative estimate of drug-likeness (QED) is 0.641. The minimum atomic E-state index is 0.546. The Hall–Kier alpha value is -2.05. The highest BCUT2D eigenvalue weighted by molar-refractivity contribution is 6.31. The average molecular weight is 228 g/mol. The number of fused-ring (bicyclic) bond motifs is 3. The minimum absolute atomic E-state index is 0.546. The summed E-state index contributed by atoms with van der Waals surface area (Å²) in [5.41, 5.74) is 2.32. The van der Waals surface area contributed by atoms with E-state index in [-0.39, 0.29) is 0 Å². The van der Waals surface area contributed by atoms with E-state index in [9.17, 15) is 0 Å². The number of aromatic nitrogens is 2. The van der Waals surface area contributed by atoms with Gasteiger partial charge in [-0.05, 0) is 18.2 Å². The SMILES string of the molecule is N#Cc1cncc2c1[nH]c1ccc(Cl)cc12. The van der Waals surface area contributed by atoms with Crippen molar-refractivity contribution >= 4 is 33.4 Å². The van der Waals surface area contributed by atoms with Crippen LogP contribution in [0.2, 0.25) is 5.02 Å². The second kappa shape index (κ2) is 3.22. The molecule has 76 valence electrons. The van der Waals surface area contributed by atoms with E-state index in [0.717, 1.165) is 21.8 Å². The fraction of sp³-hybridized carbons (Fsp3) is 0. The molecule has 2 aromatic heterocycles. The molecule has 0 bridgehead atoms. The Kier molecular flexibility index (Phi) is 1.85. The van der Waals surface area contributed by atoms with Crippen LogP contribution in [-0.2, 0) is 0 Å². The first-order valence-electron chi connectivity index (χ1n) is 4.74. The highest BCUT2D eigenvalue weighted by Gasteiger charge is 2.08. The smallest absolute Gasteiger partial charge is 0.103 e. The lowest BCUT2D eigenvalue weighted by Crippen LogP contribution is -1.79. The van der Waals surface area contributed by atoms with Crippen molar-refractivity contribution in [2.75, 3.05) is 0 Å². The first-order valence-corrected chi connectivity index (χ1v) is 5.12.